The standard InChI is InChI=1S/C29H24O9/c30-17-6-1-14(2-7-17)11-19-24(34)20(12-15-3-8-18(31)9-4-15)29-23(25(19)35)26(36)27(37)28(38-29)16-5-10-21(32)22(33)13-16/h1-10,13,27-28,30-35,37H,11-12H2/t27-,28+/m0/s1. The molecule has 5 rings (SSSR count). The van der Waals surface area contributed by atoms with Gasteiger partial charge in [-0.2, -0.15) is 0 Å². The lowest BCUT2D eigenvalue weighted by atomic mass is 9.86. The molecule has 0 aliphatic carbocycles. The first-order valence-corrected chi connectivity index (χ1v) is 11.7. The van der Waals surface area contributed by atoms with E-state index in [4.69, 9.17) is 4.74 Å². The third kappa shape index (κ3) is 4.39. The lowest BCUT2D eigenvalue weighted by Crippen LogP contribution is -2.37. The number of Topliss-reactive ketones (excluding diaryl/α,β-unsaturated/α-hetero) is 1. The van der Waals surface area contributed by atoms with E-state index in [-0.39, 0.29) is 58.1 Å². The Bertz CT molecular complexity index is 1530. The Kier molecular flexibility index (Phi) is 6.22. The van der Waals surface area contributed by atoms with E-state index in [1.807, 2.05) is 0 Å². The number of aromatic hydroxyl groups is 6. The van der Waals surface area contributed by atoms with Gasteiger partial charge in [0, 0.05) is 24.0 Å². The zero-order valence-electron chi connectivity index (χ0n) is 19.9. The second-order valence-corrected chi connectivity index (χ2v) is 9.14. The smallest absolute Gasteiger partial charge is 0.202 e. The number of phenols is 6. The Morgan fingerprint density at radius 1 is 0.658 bits per heavy atom. The van der Waals surface area contributed by atoms with Crippen LogP contribution < -0.4 is 4.74 Å². The number of hydrogen-bond donors (Lipinski definition) is 7. The molecule has 0 amide bonds. The fourth-order valence-corrected chi connectivity index (χ4v) is 4.58. The Hall–Kier alpha value is -4.89. The van der Waals surface area contributed by atoms with Gasteiger partial charge >= 0.3 is 0 Å². The van der Waals surface area contributed by atoms with E-state index in [1.54, 1.807) is 24.3 Å². The van der Waals surface area contributed by atoms with Crippen molar-refractivity contribution < 1.29 is 45.3 Å². The van der Waals surface area contributed by atoms with Crippen LogP contribution in [0.5, 0.6) is 40.2 Å². The molecule has 0 aromatic heterocycles. The number of carbonyl (C=O) groups is 1. The minimum Gasteiger partial charge on any atom is -0.508 e. The van der Waals surface area contributed by atoms with Crippen molar-refractivity contribution in [3.8, 4) is 40.2 Å². The summed E-state index contributed by atoms with van der Waals surface area (Å²) in [5.41, 5.74) is 1.39. The molecule has 0 spiro atoms. The van der Waals surface area contributed by atoms with Crippen molar-refractivity contribution in [2.75, 3.05) is 0 Å². The normalized spacial score (nSPS) is 16.6. The number of hydrogen-bond acceptors (Lipinski definition) is 9. The predicted molar refractivity (Wildman–Crippen MR) is 135 cm³/mol. The van der Waals surface area contributed by atoms with Crippen LogP contribution in [0.4, 0.5) is 0 Å². The molecule has 4 aromatic rings. The van der Waals surface area contributed by atoms with Crippen molar-refractivity contribution >= 4 is 5.78 Å². The van der Waals surface area contributed by atoms with E-state index in [1.165, 1.54) is 36.4 Å². The van der Waals surface area contributed by atoms with Crippen molar-refractivity contribution in [2.24, 2.45) is 0 Å². The molecule has 9 nitrogen and oxygen atoms in total. The molecular formula is C29H24O9. The largest absolute Gasteiger partial charge is 0.508 e. The first-order valence-electron chi connectivity index (χ1n) is 11.7. The molecule has 0 saturated carbocycles. The zero-order valence-corrected chi connectivity index (χ0v) is 19.9. The van der Waals surface area contributed by atoms with Gasteiger partial charge < -0.3 is 40.5 Å². The molecule has 1 heterocycles. The Morgan fingerprint density at radius 2 is 1.21 bits per heavy atom. The van der Waals surface area contributed by atoms with Gasteiger partial charge in [-0.1, -0.05) is 30.3 Å². The maximum Gasteiger partial charge on any atom is 0.202 e. The third-order valence-corrected chi connectivity index (χ3v) is 6.60. The number of benzene rings is 4. The SMILES string of the molecule is O=C1c2c(O)c(Cc3ccc(O)cc3)c(O)c(Cc3ccc(O)cc3)c2O[C@H](c2ccc(O)c(O)c2)[C@H]1O. The number of phenolic OH excluding ortho intramolecular Hbond substituents is 6. The van der Waals surface area contributed by atoms with Crippen LogP contribution in [0.2, 0.25) is 0 Å². The topological polar surface area (TPSA) is 168 Å². The first kappa shape index (κ1) is 24.8. The second kappa shape index (κ2) is 9.53. The van der Waals surface area contributed by atoms with E-state index < -0.39 is 35.2 Å². The highest BCUT2D eigenvalue weighted by Crippen LogP contribution is 2.49. The van der Waals surface area contributed by atoms with Crippen molar-refractivity contribution in [1.82, 2.24) is 0 Å². The molecule has 9 heteroatoms. The van der Waals surface area contributed by atoms with Crippen molar-refractivity contribution in [2.45, 2.75) is 25.0 Å². The van der Waals surface area contributed by atoms with Gasteiger partial charge in [-0.15, -0.1) is 0 Å². The van der Waals surface area contributed by atoms with Gasteiger partial charge in [-0.05, 0) is 53.1 Å². The zero-order chi connectivity index (χ0) is 27.1. The summed E-state index contributed by atoms with van der Waals surface area (Å²) in [7, 11) is 0. The number of ketones is 1. The van der Waals surface area contributed by atoms with Crippen LogP contribution >= 0.6 is 0 Å². The number of fused-ring (bicyclic) bond motifs is 1. The van der Waals surface area contributed by atoms with Gasteiger partial charge in [0.05, 0.1) is 0 Å². The maximum atomic E-state index is 13.4. The number of aliphatic hydroxyl groups is 1. The molecule has 194 valence electrons. The minimum absolute atomic E-state index is 0.00639. The van der Waals surface area contributed by atoms with Gasteiger partial charge in [0.15, 0.2) is 23.7 Å². The van der Waals surface area contributed by atoms with Gasteiger partial charge in [0.25, 0.3) is 0 Å². The average molecular weight is 517 g/mol. The van der Waals surface area contributed by atoms with Gasteiger partial charge in [-0.3, -0.25) is 4.79 Å². The summed E-state index contributed by atoms with van der Waals surface area (Å²) in [5, 5.41) is 72.3. The summed E-state index contributed by atoms with van der Waals surface area (Å²) < 4.78 is 6.04. The van der Waals surface area contributed by atoms with Crippen LogP contribution in [0.3, 0.4) is 0 Å². The maximum absolute atomic E-state index is 13.4. The van der Waals surface area contributed by atoms with Crippen molar-refractivity contribution in [3.63, 3.8) is 0 Å². The van der Waals surface area contributed by atoms with E-state index in [0.29, 0.717) is 11.1 Å². The highest BCUT2D eigenvalue weighted by atomic mass is 16.5. The lowest BCUT2D eigenvalue weighted by molar-refractivity contribution is 0.0205. The van der Waals surface area contributed by atoms with Crippen molar-refractivity contribution in [3.05, 3.63) is 100 Å². The molecule has 0 bridgehead atoms. The van der Waals surface area contributed by atoms with Gasteiger partial charge in [0.2, 0.25) is 5.78 Å². The van der Waals surface area contributed by atoms with Crippen LogP contribution in [0.15, 0.2) is 66.7 Å². The summed E-state index contributed by atoms with van der Waals surface area (Å²) in [6.45, 7) is 0. The van der Waals surface area contributed by atoms with Crippen LogP contribution in [0.25, 0.3) is 0 Å². The Labute approximate surface area is 216 Å². The summed E-state index contributed by atoms with van der Waals surface area (Å²) >= 11 is 0. The fraction of sp³-hybridized carbons (Fsp3) is 0.138. The predicted octanol–water partition coefficient (Wildman–Crippen LogP) is 3.78. The Morgan fingerprint density at radius 3 is 1.76 bits per heavy atom. The van der Waals surface area contributed by atoms with Gasteiger partial charge in [-0.25, -0.2) is 0 Å². The number of carbonyl (C=O) groups excluding carboxylic acids is 1. The quantitative estimate of drug-likeness (QED) is 0.195. The molecule has 2 atom stereocenters. The van der Waals surface area contributed by atoms with E-state index in [2.05, 4.69) is 0 Å². The molecule has 4 aromatic carbocycles. The molecule has 0 fully saturated rings. The van der Waals surface area contributed by atoms with Crippen LogP contribution in [-0.4, -0.2) is 47.6 Å². The molecular weight excluding hydrogens is 492 g/mol. The monoisotopic (exact) mass is 516 g/mol. The molecule has 0 unspecified atom stereocenters. The summed E-state index contributed by atoms with van der Waals surface area (Å²) in [4.78, 5) is 13.4. The highest BCUT2D eigenvalue weighted by molar-refractivity contribution is 6.06. The van der Waals surface area contributed by atoms with E-state index in [9.17, 15) is 40.5 Å². The first-order chi connectivity index (χ1) is 18.1. The highest BCUT2D eigenvalue weighted by Gasteiger charge is 2.42. The number of aliphatic hydroxyl groups excluding tert-OH is 1. The third-order valence-electron chi connectivity index (χ3n) is 6.60. The van der Waals surface area contributed by atoms with E-state index in [0.717, 1.165) is 6.07 Å². The lowest BCUT2D eigenvalue weighted by Gasteiger charge is -2.33. The van der Waals surface area contributed by atoms with E-state index >= 15 is 0 Å². The summed E-state index contributed by atoms with van der Waals surface area (Å²) in [6, 6.07) is 16.0. The summed E-state index contributed by atoms with van der Waals surface area (Å²) in [6.07, 6.45) is -3.01. The number of rotatable bonds is 5. The molecule has 0 radical (unpaired) electrons. The molecule has 1 aliphatic heterocycles. The van der Waals surface area contributed by atoms with Crippen molar-refractivity contribution in [1.29, 1.82) is 0 Å². The Balaban J connectivity index is 1.67. The second-order valence-electron chi connectivity index (χ2n) is 9.14. The fourth-order valence-electron chi connectivity index (χ4n) is 4.58. The van der Waals surface area contributed by atoms with Gasteiger partial charge in [0.1, 0.15) is 34.3 Å². The minimum atomic E-state index is -1.76. The molecule has 0 saturated heterocycles. The van der Waals surface area contributed by atoms with Crippen LogP contribution in [0, 0.1) is 0 Å². The molecule has 1 aliphatic rings. The number of ether oxygens (including phenoxy) is 1. The summed E-state index contributed by atoms with van der Waals surface area (Å²) in [5.74, 6) is -2.63. The van der Waals surface area contributed by atoms with Crippen LogP contribution in [-0.2, 0) is 12.8 Å². The van der Waals surface area contributed by atoms with Crippen LogP contribution in [0.1, 0.15) is 44.3 Å². The molecule has 38 heavy (non-hydrogen) atoms. The average Bonchev–Trinajstić information content (AvgIpc) is 2.90. The molecule has 7 N–H and O–H groups in total.